The summed E-state index contributed by atoms with van der Waals surface area (Å²) >= 11 is 0. The molecule has 10 heteroatoms. The number of ether oxygens (including phenoxy) is 3. The maximum atomic E-state index is 12.6. The van der Waals surface area contributed by atoms with Gasteiger partial charge in [0, 0.05) is 12.3 Å². The largest absolute Gasteiger partial charge is 0.459 e. The van der Waals surface area contributed by atoms with Crippen LogP contribution in [0.3, 0.4) is 0 Å². The maximum absolute atomic E-state index is 12.6. The summed E-state index contributed by atoms with van der Waals surface area (Å²) in [6.45, 7) is -0.355. The molecular weight excluding hydrogens is 432 g/mol. The first-order valence-corrected chi connectivity index (χ1v) is 10.1. The zero-order chi connectivity index (χ0) is 23.4. The van der Waals surface area contributed by atoms with E-state index >= 15 is 0 Å². The number of aromatic nitrogens is 2. The SMILES string of the molecule is O=C(OC[C@@H]1O[C@H](n2ccc(=O)[nH]c2=O)[C@@H](O)[C@H]1OC(=O)c1ccccc1)c1ccccc1. The van der Waals surface area contributed by atoms with Crippen LogP contribution in [0.2, 0.25) is 0 Å². The van der Waals surface area contributed by atoms with Crippen molar-refractivity contribution in [2.24, 2.45) is 0 Å². The Kier molecular flexibility index (Phi) is 6.48. The summed E-state index contributed by atoms with van der Waals surface area (Å²) < 4.78 is 17.5. The third-order valence-corrected chi connectivity index (χ3v) is 5.08. The van der Waals surface area contributed by atoms with Gasteiger partial charge in [0.25, 0.3) is 5.56 Å². The van der Waals surface area contributed by atoms with Crippen molar-refractivity contribution in [3.05, 3.63) is 105 Å². The van der Waals surface area contributed by atoms with Crippen molar-refractivity contribution in [1.29, 1.82) is 0 Å². The second kappa shape index (κ2) is 9.63. The number of aromatic amines is 1. The van der Waals surface area contributed by atoms with E-state index in [0.29, 0.717) is 5.56 Å². The lowest BCUT2D eigenvalue weighted by Gasteiger charge is -2.20. The lowest BCUT2D eigenvalue weighted by molar-refractivity contribution is -0.0614. The monoisotopic (exact) mass is 452 g/mol. The number of hydrogen-bond donors (Lipinski definition) is 2. The molecule has 0 radical (unpaired) electrons. The van der Waals surface area contributed by atoms with E-state index in [0.717, 1.165) is 16.8 Å². The maximum Gasteiger partial charge on any atom is 0.338 e. The van der Waals surface area contributed by atoms with Crippen LogP contribution in [0.25, 0.3) is 0 Å². The molecule has 4 atom stereocenters. The van der Waals surface area contributed by atoms with Crippen LogP contribution in [0, 0.1) is 0 Å². The standard InChI is InChI=1S/C23H20N2O8/c26-17-11-12-25(23(30)24-17)20-18(27)19(33-22(29)15-9-5-2-6-10-15)16(32-20)13-31-21(28)14-7-3-1-4-8-14/h1-12,16,18-20,27H,13H2,(H,24,26,30)/t16-,18-,19-,20-/m0/s1. The number of nitrogens with zero attached hydrogens (tertiary/aromatic N) is 1. The van der Waals surface area contributed by atoms with Gasteiger partial charge in [-0.05, 0) is 24.3 Å². The molecule has 2 heterocycles. The molecule has 4 rings (SSSR count). The molecule has 10 nitrogen and oxygen atoms in total. The summed E-state index contributed by atoms with van der Waals surface area (Å²) in [7, 11) is 0. The Morgan fingerprint density at radius 1 is 0.939 bits per heavy atom. The van der Waals surface area contributed by atoms with Crippen molar-refractivity contribution in [1.82, 2.24) is 9.55 Å². The van der Waals surface area contributed by atoms with Gasteiger partial charge < -0.3 is 19.3 Å². The number of carbonyl (C=O) groups is 2. The second-order valence-electron chi connectivity index (χ2n) is 7.27. The van der Waals surface area contributed by atoms with E-state index in [1.165, 1.54) is 0 Å². The first kappa shape index (κ1) is 22.2. The van der Waals surface area contributed by atoms with Crippen molar-refractivity contribution < 1.29 is 28.9 Å². The van der Waals surface area contributed by atoms with Gasteiger partial charge in [-0.1, -0.05) is 36.4 Å². The minimum atomic E-state index is -1.48. The van der Waals surface area contributed by atoms with Gasteiger partial charge in [-0.25, -0.2) is 14.4 Å². The average Bonchev–Trinajstić information content (AvgIpc) is 3.13. The highest BCUT2D eigenvalue weighted by Gasteiger charge is 2.48. The van der Waals surface area contributed by atoms with Crippen LogP contribution in [-0.4, -0.2) is 51.5 Å². The molecule has 1 fully saturated rings. The van der Waals surface area contributed by atoms with Crippen LogP contribution in [0.5, 0.6) is 0 Å². The fraction of sp³-hybridized carbons (Fsp3) is 0.217. The predicted molar refractivity (Wildman–Crippen MR) is 114 cm³/mol. The number of hydrogen-bond acceptors (Lipinski definition) is 8. The minimum Gasteiger partial charge on any atom is -0.459 e. The van der Waals surface area contributed by atoms with Crippen LogP contribution in [-0.2, 0) is 14.2 Å². The molecule has 0 unspecified atom stereocenters. The summed E-state index contributed by atoms with van der Waals surface area (Å²) in [5, 5.41) is 10.8. The van der Waals surface area contributed by atoms with Crippen LogP contribution >= 0.6 is 0 Å². The minimum absolute atomic E-state index is 0.245. The van der Waals surface area contributed by atoms with Gasteiger partial charge >= 0.3 is 17.6 Å². The normalized spacial score (nSPS) is 22.0. The molecular formula is C23H20N2O8. The lowest BCUT2D eigenvalue weighted by Crippen LogP contribution is -2.40. The van der Waals surface area contributed by atoms with E-state index in [-0.39, 0.29) is 12.2 Å². The van der Waals surface area contributed by atoms with Gasteiger partial charge in [0.05, 0.1) is 11.1 Å². The number of benzene rings is 2. The van der Waals surface area contributed by atoms with Gasteiger partial charge in [0.15, 0.2) is 12.3 Å². The van der Waals surface area contributed by atoms with E-state index in [2.05, 4.69) is 4.98 Å². The van der Waals surface area contributed by atoms with Gasteiger partial charge in [0.2, 0.25) is 0 Å². The molecule has 0 amide bonds. The molecule has 0 spiro atoms. The fourth-order valence-corrected chi connectivity index (χ4v) is 3.44. The first-order valence-electron chi connectivity index (χ1n) is 10.1. The number of rotatable bonds is 6. The van der Waals surface area contributed by atoms with Crippen molar-refractivity contribution in [2.75, 3.05) is 6.61 Å². The number of nitrogens with one attached hydrogen (secondary N) is 1. The fourth-order valence-electron chi connectivity index (χ4n) is 3.44. The molecule has 2 aromatic carbocycles. The highest BCUT2D eigenvalue weighted by Crippen LogP contribution is 2.31. The molecule has 1 aliphatic rings. The van der Waals surface area contributed by atoms with Gasteiger partial charge in [-0.2, -0.15) is 0 Å². The van der Waals surface area contributed by atoms with Crippen molar-refractivity contribution >= 4 is 11.9 Å². The van der Waals surface area contributed by atoms with Crippen molar-refractivity contribution in [2.45, 2.75) is 24.5 Å². The lowest BCUT2D eigenvalue weighted by atomic mass is 10.1. The van der Waals surface area contributed by atoms with Crippen LogP contribution in [0.1, 0.15) is 26.9 Å². The third kappa shape index (κ3) is 4.92. The summed E-state index contributed by atoms with van der Waals surface area (Å²) in [5.41, 5.74) is -0.887. The summed E-state index contributed by atoms with van der Waals surface area (Å²) in [6, 6.07) is 17.5. The Morgan fingerprint density at radius 3 is 2.15 bits per heavy atom. The van der Waals surface area contributed by atoms with E-state index in [9.17, 15) is 24.3 Å². The Hall–Kier alpha value is -4.02. The molecule has 33 heavy (non-hydrogen) atoms. The van der Waals surface area contributed by atoms with Crippen LogP contribution in [0.15, 0.2) is 82.5 Å². The molecule has 1 aromatic heterocycles. The van der Waals surface area contributed by atoms with Crippen LogP contribution < -0.4 is 11.2 Å². The molecule has 0 bridgehead atoms. The Morgan fingerprint density at radius 2 is 1.55 bits per heavy atom. The average molecular weight is 452 g/mol. The number of H-pyrrole nitrogens is 1. The molecule has 0 saturated carbocycles. The summed E-state index contributed by atoms with van der Waals surface area (Å²) in [5.74, 6) is -1.36. The first-order chi connectivity index (χ1) is 15.9. The summed E-state index contributed by atoms with van der Waals surface area (Å²) in [4.78, 5) is 50.6. The Balaban J connectivity index is 1.56. The number of esters is 2. The molecule has 3 aromatic rings. The van der Waals surface area contributed by atoms with Crippen molar-refractivity contribution in [3.63, 3.8) is 0 Å². The van der Waals surface area contributed by atoms with Gasteiger partial charge in [-0.3, -0.25) is 14.3 Å². The van der Waals surface area contributed by atoms with Crippen LogP contribution in [0.4, 0.5) is 0 Å². The molecule has 1 aliphatic heterocycles. The molecule has 170 valence electrons. The molecule has 2 N–H and O–H groups in total. The zero-order valence-corrected chi connectivity index (χ0v) is 17.2. The highest BCUT2D eigenvalue weighted by molar-refractivity contribution is 5.90. The second-order valence-corrected chi connectivity index (χ2v) is 7.27. The predicted octanol–water partition coefficient (Wildman–Crippen LogP) is 0.878. The number of carbonyl (C=O) groups excluding carboxylic acids is 2. The van der Waals surface area contributed by atoms with Gasteiger partial charge in [0.1, 0.15) is 18.8 Å². The molecule has 1 saturated heterocycles. The van der Waals surface area contributed by atoms with Gasteiger partial charge in [-0.15, -0.1) is 0 Å². The van der Waals surface area contributed by atoms with E-state index in [1.54, 1.807) is 60.7 Å². The quantitative estimate of drug-likeness (QED) is 0.526. The highest BCUT2D eigenvalue weighted by atomic mass is 16.6. The van der Waals surface area contributed by atoms with E-state index in [1.807, 2.05) is 0 Å². The topological polar surface area (TPSA) is 137 Å². The number of aliphatic hydroxyl groups is 1. The Labute approximate surface area is 187 Å². The Bertz CT molecular complexity index is 1240. The van der Waals surface area contributed by atoms with E-state index < -0.39 is 47.7 Å². The van der Waals surface area contributed by atoms with E-state index in [4.69, 9.17) is 14.2 Å². The zero-order valence-electron chi connectivity index (χ0n) is 17.2. The third-order valence-electron chi connectivity index (χ3n) is 5.08. The molecule has 0 aliphatic carbocycles. The van der Waals surface area contributed by atoms with Crippen molar-refractivity contribution in [3.8, 4) is 0 Å². The number of aliphatic hydroxyl groups excluding tert-OH is 1. The smallest absolute Gasteiger partial charge is 0.338 e. The summed E-state index contributed by atoms with van der Waals surface area (Å²) in [6.07, 6.45) is -3.96.